The van der Waals surface area contributed by atoms with Crippen LogP contribution in [-0.4, -0.2) is 0 Å². The summed E-state index contributed by atoms with van der Waals surface area (Å²) < 4.78 is 0. The van der Waals surface area contributed by atoms with Gasteiger partial charge in [-0.05, 0) is 18.8 Å². The summed E-state index contributed by atoms with van der Waals surface area (Å²) in [6, 6.07) is 0. The molecule has 0 heteroatoms. The van der Waals surface area contributed by atoms with Gasteiger partial charge in [-0.15, -0.1) is 0 Å². The van der Waals surface area contributed by atoms with Gasteiger partial charge in [0.2, 0.25) is 0 Å². The number of hydrogen-bond acceptors (Lipinski definition) is 0. The molecule has 0 nitrogen and oxygen atoms in total. The molecule has 9 heavy (non-hydrogen) atoms. The van der Waals surface area contributed by atoms with Crippen molar-refractivity contribution in [2.75, 3.05) is 0 Å². The van der Waals surface area contributed by atoms with E-state index >= 15 is 0 Å². The van der Waals surface area contributed by atoms with Gasteiger partial charge in [-0.3, -0.25) is 0 Å². The molecular weight excluding hydrogens is 108 g/mol. The molecule has 0 spiro atoms. The SMILES string of the molecule is CCCCCCC1[CH]C1. The summed E-state index contributed by atoms with van der Waals surface area (Å²) in [4.78, 5) is 0. The summed E-state index contributed by atoms with van der Waals surface area (Å²) >= 11 is 0. The van der Waals surface area contributed by atoms with Crippen molar-refractivity contribution in [2.24, 2.45) is 5.92 Å². The van der Waals surface area contributed by atoms with Crippen LogP contribution in [0.3, 0.4) is 0 Å². The van der Waals surface area contributed by atoms with E-state index in [1.54, 1.807) is 0 Å². The zero-order chi connectivity index (χ0) is 6.53. The van der Waals surface area contributed by atoms with Crippen LogP contribution < -0.4 is 0 Å². The molecule has 1 radical (unpaired) electrons. The lowest BCUT2D eigenvalue weighted by Crippen LogP contribution is -1.78. The summed E-state index contributed by atoms with van der Waals surface area (Å²) in [7, 11) is 0. The molecule has 1 atom stereocenters. The molecular formula is C9H17. The highest BCUT2D eigenvalue weighted by Gasteiger charge is 2.20. The van der Waals surface area contributed by atoms with E-state index < -0.39 is 0 Å². The van der Waals surface area contributed by atoms with Crippen LogP contribution in [-0.2, 0) is 0 Å². The fraction of sp³-hybridized carbons (Fsp3) is 0.889. The molecule has 1 rings (SSSR count). The van der Waals surface area contributed by atoms with Crippen LogP contribution in [0.15, 0.2) is 0 Å². The van der Waals surface area contributed by atoms with E-state index in [1.165, 1.54) is 38.5 Å². The minimum absolute atomic E-state index is 1.03. The second kappa shape index (κ2) is 3.92. The molecule has 1 aliphatic rings. The lowest BCUT2D eigenvalue weighted by Gasteiger charge is -1.95. The van der Waals surface area contributed by atoms with Crippen molar-refractivity contribution < 1.29 is 0 Å². The third-order valence-electron chi connectivity index (χ3n) is 2.00. The van der Waals surface area contributed by atoms with Crippen LogP contribution >= 0.6 is 0 Å². The predicted molar refractivity (Wildman–Crippen MR) is 41.2 cm³/mol. The smallest absolute Gasteiger partial charge is 0.0352 e. The first-order chi connectivity index (χ1) is 4.43. The van der Waals surface area contributed by atoms with Gasteiger partial charge in [0, 0.05) is 0 Å². The lowest BCUT2D eigenvalue weighted by molar-refractivity contribution is 0.605. The van der Waals surface area contributed by atoms with E-state index in [4.69, 9.17) is 0 Å². The summed E-state index contributed by atoms with van der Waals surface area (Å²) in [6.45, 7) is 2.27. The molecule has 1 unspecified atom stereocenters. The minimum atomic E-state index is 1.03. The highest BCUT2D eigenvalue weighted by molar-refractivity contribution is 4.93. The predicted octanol–water partition coefficient (Wildman–Crippen LogP) is 3.18. The van der Waals surface area contributed by atoms with Crippen LogP contribution in [0.4, 0.5) is 0 Å². The van der Waals surface area contributed by atoms with E-state index in [0.717, 1.165) is 5.92 Å². The first-order valence-corrected chi connectivity index (χ1v) is 4.27. The number of rotatable bonds is 5. The zero-order valence-corrected chi connectivity index (χ0v) is 6.40. The van der Waals surface area contributed by atoms with Crippen molar-refractivity contribution in [1.29, 1.82) is 0 Å². The maximum absolute atomic E-state index is 2.42. The van der Waals surface area contributed by atoms with E-state index in [0.29, 0.717) is 0 Å². The molecule has 1 saturated carbocycles. The Hall–Kier alpha value is 0. The Morgan fingerprint density at radius 3 is 2.67 bits per heavy atom. The van der Waals surface area contributed by atoms with Crippen molar-refractivity contribution >= 4 is 0 Å². The van der Waals surface area contributed by atoms with Gasteiger partial charge in [-0.1, -0.05) is 39.0 Å². The van der Waals surface area contributed by atoms with E-state index in [-0.39, 0.29) is 0 Å². The monoisotopic (exact) mass is 125 g/mol. The molecule has 0 aromatic carbocycles. The van der Waals surface area contributed by atoms with Crippen LogP contribution in [0.25, 0.3) is 0 Å². The molecule has 0 bridgehead atoms. The van der Waals surface area contributed by atoms with Gasteiger partial charge in [0.15, 0.2) is 0 Å². The Labute approximate surface area is 58.7 Å². The van der Waals surface area contributed by atoms with Crippen molar-refractivity contribution in [3.63, 3.8) is 0 Å². The first-order valence-electron chi connectivity index (χ1n) is 4.27. The third-order valence-corrected chi connectivity index (χ3v) is 2.00. The van der Waals surface area contributed by atoms with Crippen molar-refractivity contribution in [2.45, 2.75) is 45.4 Å². The van der Waals surface area contributed by atoms with Crippen molar-refractivity contribution in [1.82, 2.24) is 0 Å². The van der Waals surface area contributed by atoms with Gasteiger partial charge in [-0.25, -0.2) is 0 Å². The lowest BCUT2D eigenvalue weighted by atomic mass is 10.1. The summed E-state index contributed by atoms with van der Waals surface area (Å²) in [5.41, 5.74) is 0. The maximum Gasteiger partial charge on any atom is -0.0352 e. The topological polar surface area (TPSA) is 0 Å². The highest BCUT2D eigenvalue weighted by atomic mass is 14.2. The van der Waals surface area contributed by atoms with Crippen molar-refractivity contribution in [3.8, 4) is 0 Å². The van der Waals surface area contributed by atoms with Crippen LogP contribution in [0, 0.1) is 12.3 Å². The van der Waals surface area contributed by atoms with Crippen molar-refractivity contribution in [3.05, 3.63) is 6.42 Å². The second-order valence-electron chi connectivity index (χ2n) is 3.08. The molecule has 0 heterocycles. The molecule has 0 saturated heterocycles. The van der Waals surface area contributed by atoms with E-state index in [2.05, 4.69) is 13.3 Å². The van der Waals surface area contributed by atoms with Gasteiger partial charge >= 0.3 is 0 Å². The summed E-state index contributed by atoms with van der Waals surface area (Å²) in [5, 5.41) is 0. The summed E-state index contributed by atoms with van der Waals surface area (Å²) in [6.07, 6.45) is 11.0. The standard InChI is InChI=1S/C9H17/c1-2-3-4-5-6-9-7-8-9/h7,9H,2-6,8H2,1H3. The Morgan fingerprint density at radius 2 is 2.11 bits per heavy atom. The largest absolute Gasteiger partial charge is 0.0654 e. The Kier molecular flexibility index (Phi) is 3.10. The quantitative estimate of drug-likeness (QED) is 0.495. The molecule has 0 aromatic heterocycles. The number of unbranched alkanes of at least 4 members (excludes halogenated alkanes) is 3. The molecule has 0 aromatic rings. The normalized spacial score (nSPS) is 18.3. The second-order valence-corrected chi connectivity index (χ2v) is 3.08. The zero-order valence-electron chi connectivity index (χ0n) is 6.40. The molecule has 1 fully saturated rings. The first kappa shape index (κ1) is 7.11. The average molecular weight is 125 g/mol. The van der Waals surface area contributed by atoms with Crippen LogP contribution in [0.1, 0.15) is 45.4 Å². The van der Waals surface area contributed by atoms with Gasteiger partial charge in [0.05, 0.1) is 0 Å². The van der Waals surface area contributed by atoms with Gasteiger partial charge in [0.1, 0.15) is 0 Å². The molecule has 0 N–H and O–H groups in total. The Morgan fingerprint density at radius 1 is 1.33 bits per heavy atom. The third kappa shape index (κ3) is 3.56. The van der Waals surface area contributed by atoms with Gasteiger partial charge < -0.3 is 0 Å². The fourth-order valence-corrected chi connectivity index (χ4v) is 1.17. The summed E-state index contributed by atoms with van der Waals surface area (Å²) in [5.74, 6) is 1.03. The van der Waals surface area contributed by atoms with E-state index in [1.807, 2.05) is 0 Å². The van der Waals surface area contributed by atoms with Crippen LogP contribution in [0.2, 0.25) is 0 Å². The molecule has 53 valence electrons. The minimum Gasteiger partial charge on any atom is -0.0654 e. The van der Waals surface area contributed by atoms with Gasteiger partial charge in [-0.2, -0.15) is 0 Å². The molecule has 1 aliphatic carbocycles. The van der Waals surface area contributed by atoms with Gasteiger partial charge in [0.25, 0.3) is 0 Å². The Bertz CT molecular complexity index is 62.4. The fourth-order valence-electron chi connectivity index (χ4n) is 1.17. The number of hydrogen-bond donors (Lipinski definition) is 0. The molecule has 0 aliphatic heterocycles. The van der Waals surface area contributed by atoms with E-state index in [9.17, 15) is 0 Å². The Balaban J connectivity index is 1.71. The highest BCUT2D eigenvalue weighted by Crippen LogP contribution is 2.32. The average Bonchev–Trinajstić information content (AvgIpc) is 2.63. The van der Waals surface area contributed by atoms with Crippen LogP contribution in [0.5, 0.6) is 0 Å². The molecule has 0 amide bonds. The maximum atomic E-state index is 2.42.